The topological polar surface area (TPSA) is 39.2 Å². The maximum absolute atomic E-state index is 11.1. The minimum Gasteiger partial charge on any atom is -0.465 e. The molecule has 3 heteroatoms. The van der Waals surface area contributed by atoms with Gasteiger partial charge in [0.1, 0.15) is 0 Å². The van der Waals surface area contributed by atoms with Gasteiger partial charge in [0.15, 0.2) is 0 Å². The largest absolute Gasteiger partial charge is 0.465 e. The summed E-state index contributed by atoms with van der Waals surface area (Å²) in [6.45, 7) is 4.17. The van der Waals surface area contributed by atoms with Crippen molar-refractivity contribution in [2.75, 3.05) is 6.61 Å². The molecule has 1 rings (SSSR count). The van der Waals surface area contributed by atoms with Gasteiger partial charge in [0.2, 0.25) is 0 Å². The predicted molar refractivity (Wildman–Crippen MR) is 58.4 cm³/mol. The molecule has 0 aromatic carbocycles. The van der Waals surface area contributed by atoms with Crippen LogP contribution in [0.2, 0.25) is 0 Å². The molecule has 0 radical (unpaired) electrons. The van der Waals surface area contributed by atoms with E-state index in [2.05, 4.69) is 4.98 Å². The summed E-state index contributed by atoms with van der Waals surface area (Å²) in [5.74, 6) is -0.162. The molecular formula is C12H17NO2. The summed E-state index contributed by atoms with van der Waals surface area (Å²) in [4.78, 5) is 15.1. The van der Waals surface area contributed by atoms with Crippen LogP contribution in [0, 0.1) is 5.92 Å². The van der Waals surface area contributed by atoms with Crippen molar-refractivity contribution >= 4 is 5.97 Å². The van der Waals surface area contributed by atoms with E-state index in [-0.39, 0.29) is 11.9 Å². The first-order chi connectivity index (χ1) is 7.20. The van der Waals surface area contributed by atoms with E-state index < -0.39 is 0 Å². The van der Waals surface area contributed by atoms with E-state index in [0.29, 0.717) is 6.61 Å². The molecule has 0 saturated carbocycles. The highest BCUT2D eigenvalue weighted by atomic mass is 16.5. The van der Waals surface area contributed by atoms with Gasteiger partial charge in [-0.2, -0.15) is 0 Å². The summed E-state index contributed by atoms with van der Waals surface area (Å²) in [5, 5.41) is 0. The molecule has 1 aromatic rings. The average molecular weight is 207 g/mol. The zero-order valence-electron chi connectivity index (χ0n) is 9.27. The number of carbonyl (C=O) groups excluding carboxylic acids is 1. The number of esters is 1. The zero-order valence-corrected chi connectivity index (χ0v) is 9.27. The van der Waals surface area contributed by atoms with Gasteiger partial charge in [-0.15, -0.1) is 0 Å². The number of pyridine rings is 1. The highest BCUT2D eigenvalue weighted by Gasteiger charge is 2.07. The highest BCUT2D eigenvalue weighted by molar-refractivity contribution is 5.71. The highest BCUT2D eigenvalue weighted by Crippen LogP contribution is 2.02. The van der Waals surface area contributed by atoms with Crippen molar-refractivity contribution in [3.8, 4) is 0 Å². The Morgan fingerprint density at radius 3 is 2.93 bits per heavy atom. The molecule has 0 aliphatic carbocycles. The van der Waals surface area contributed by atoms with Crippen molar-refractivity contribution in [3.63, 3.8) is 0 Å². The number of nitrogens with zero attached hydrogens (tertiary/aromatic N) is 1. The van der Waals surface area contributed by atoms with Crippen molar-refractivity contribution in [2.45, 2.75) is 26.7 Å². The van der Waals surface area contributed by atoms with Gasteiger partial charge in [0.25, 0.3) is 0 Å². The lowest BCUT2D eigenvalue weighted by molar-refractivity contribution is -0.147. The van der Waals surface area contributed by atoms with Gasteiger partial charge in [-0.05, 0) is 24.5 Å². The molecule has 0 amide bonds. The van der Waals surface area contributed by atoms with E-state index in [0.717, 1.165) is 12.8 Å². The number of aromatic nitrogens is 1. The summed E-state index contributed by atoms with van der Waals surface area (Å²) in [7, 11) is 0. The number of carbonyl (C=O) groups is 1. The molecule has 0 fully saturated rings. The van der Waals surface area contributed by atoms with E-state index in [4.69, 9.17) is 4.74 Å². The summed E-state index contributed by atoms with van der Waals surface area (Å²) in [6, 6.07) is 3.94. The molecule has 0 aliphatic heterocycles. The number of ether oxygens (including phenoxy) is 1. The third-order valence-electron chi connectivity index (χ3n) is 2.05. The Hall–Kier alpha value is -1.38. The maximum Gasteiger partial charge on any atom is 0.308 e. The van der Waals surface area contributed by atoms with Crippen LogP contribution >= 0.6 is 0 Å². The van der Waals surface area contributed by atoms with Crippen molar-refractivity contribution in [1.29, 1.82) is 0 Å². The minimum absolute atomic E-state index is 0.0385. The molecule has 0 atom stereocenters. The maximum atomic E-state index is 11.1. The van der Waals surface area contributed by atoms with Crippen LogP contribution in [0.4, 0.5) is 0 Å². The molecule has 0 saturated heterocycles. The lowest BCUT2D eigenvalue weighted by Crippen LogP contribution is -2.12. The Kier molecular flexibility index (Phi) is 4.81. The number of rotatable bonds is 5. The minimum atomic E-state index is -0.124. The molecule has 15 heavy (non-hydrogen) atoms. The van der Waals surface area contributed by atoms with Gasteiger partial charge >= 0.3 is 5.97 Å². The number of hydrogen-bond acceptors (Lipinski definition) is 3. The van der Waals surface area contributed by atoms with Crippen LogP contribution < -0.4 is 0 Å². The van der Waals surface area contributed by atoms with Crippen molar-refractivity contribution < 1.29 is 9.53 Å². The fraction of sp³-hybridized carbons (Fsp3) is 0.500. The van der Waals surface area contributed by atoms with Crippen molar-refractivity contribution in [1.82, 2.24) is 4.98 Å². The smallest absolute Gasteiger partial charge is 0.308 e. The van der Waals surface area contributed by atoms with E-state index in [1.807, 2.05) is 32.2 Å². The van der Waals surface area contributed by atoms with Crippen molar-refractivity contribution in [2.24, 2.45) is 5.92 Å². The van der Waals surface area contributed by atoms with Crippen LogP contribution in [0.15, 0.2) is 24.5 Å². The quantitative estimate of drug-likeness (QED) is 0.549. The summed E-state index contributed by atoms with van der Waals surface area (Å²) < 4.78 is 5.07. The van der Waals surface area contributed by atoms with Gasteiger partial charge in [0.05, 0.1) is 12.5 Å². The molecule has 0 aliphatic rings. The number of hydrogen-bond donors (Lipinski definition) is 0. The third kappa shape index (κ3) is 4.58. The molecular weight excluding hydrogens is 190 g/mol. The zero-order chi connectivity index (χ0) is 11.1. The first-order valence-electron chi connectivity index (χ1n) is 5.25. The SMILES string of the molecule is CC(C)C(=O)OCCCc1cccnc1. The molecule has 0 unspecified atom stereocenters. The molecule has 1 heterocycles. The van der Waals surface area contributed by atoms with Gasteiger partial charge < -0.3 is 4.74 Å². The normalized spacial score (nSPS) is 10.3. The average Bonchev–Trinajstić information content (AvgIpc) is 2.25. The fourth-order valence-electron chi connectivity index (χ4n) is 1.16. The second-order valence-electron chi connectivity index (χ2n) is 3.79. The molecule has 0 spiro atoms. The standard InChI is InChI=1S/C12H17NO2/c1-10(2)12(14)15-8-4-6-11-5-3-7-13-9-11/h3,5,7,9-10H,4,6,8H2,1-2H3. The second-order valence-corrected chi connectivity index (χ2v) is 3.79. The predicted octanol–water partition coefficient (Wildman–Crippen LogP) is 2.21. The van der Waals surface area contributed by atoms with Crippen LogP contribution in [-0.2, 0) is 16.0 Å². The summed E-state index contributed by atoms with van der Waals surface area (Å²) >= 11 is 0. The van der Waals surface area contributed by atoms with E-state index in [1.165, 1.54) is 5.56 Å². The van der Waals surface area contributed by atoms with Gasteiger partial charge in [-0.25, -0.2) is 0 Å². The molecule has 0 bridgehead atoms. The van der Waals surface area contributed by atoms with Crippen LogP contribution in [0.25, 0.3) is 0 Å². The Morgan fingerprint density at radius 2 is 2.33 bits per heavy atom. The third-order valence-corrected chi connectivity index (χ3v) is 2.05. The van der Waals surface area contributed by atoms with Gasteiger partial charge in [-0.3, -0.25) is 9.78 Å². The Labute approximate surface area is 90.5 Å². The van der Waals surface area contributed by atoms with E-state index in [9.17, 15) is 4.79 Å². The van der Waals surface area contributed by atoms with Crippen molar-refractivity contribution in [3.05, 3.63) is 30.1 Å². The van der Waals surface area contributed by atoms with Gasteiger partial charge in [-0.1, -0.05) is 19.9 Å². The van der Waals surface area contributed by atoms with Crippen LogP contribution in [0.5, 0.6) is 0 Å². The first-order valence-corrected chi connectivity index (χ1v) is 5.25. The Bertz CT molecular complexity index is 296. The van der Waals surface area contributed by atoms with Crippen LogP contribution in [0.1, 0.15) is 25.8 Å². The lowest BCUT2D eigenvalue weighted by Gasteiger charge is -2.06. The van der Waals surface area contributed by atoms with Gasteiger partial charge in [0, 0.05) is 12.4 Å². The molecule has 1 aromatic heterocycles. The molecule has 82 valence electrons. The summed E-state index contributed by atoms with van der Waals surface area (Å²) in [6.07, 6.45) is 5.34. The number of aryl methyl sites for hydroxylation is 1. The molecule has 0 N–H and O–H groups in total. The fourth-order valence-corrected chi connectivity index (χ4v) is 1.16. The van der Waals surface area contributed by atoms with E-state index >= 15 is 0 Å². The van der Waals surface area contributed by atoms with Crippen LogP contribution in [0.3, 0.4) is 0 Å². The van der Waals surface area contributed by atoms with Crippen LogP contribution in [-0.4, -0.2) is 17.6 Å². The Morgan fingerprint density at radius 1 is 1.53 bits per heavy atom. The monoisotopic (exact) mass is 207 g/mol. The lowest BCUT2D eigenvalue weighted by atomic mass is 10.2. The Balaban J connectivity index is 2.15. The van der Waals surface area contributed by atoms with E-state index in [1.54, 1.807) is 6.20 Å². The second kappa shape index (κ2) is 6.17. The molecule has 3 nitrogen and oxygen atoms in total. The first kappa shape index (κ1) is 11.7. The summed E-state index contributed by atoms with van der Waals surface area (Å²) in [5.41, 5.74) is 1.18.